The Morgan fingerprint density at radius 2 is 1.06 bits per heavy atom. The molecule has 10 heteroatoms. The second kappa shape index (κ2) is 10.3. The first-order valence-electron chi connectivity index (χ1n) is 12.2. The van der Waals surface area contributed by atoms with E-state index < -0.39 is 22.8 Å². The summed E-state index contributed by atoms with van der Waals surface area (Å²) in [6, 6.07) is 0.252. The second-order valence-electron chi connectivity index (χ2n) is 10.4. The number of halogens is 2. The largest absolute Gasteiger partial charge is 0.465 e. The lowest BCUT2D eigenvalue weighted by atomic mass is 9.81. The Morgan fingerprint density at radius 1 is 0.735 bits per heavy atom. The number of rotatable bonds is 8. The minimum absolute atomic E-state index is 0.126. The summed E-state index contributed by atoms with van der Waals surface area (Å²) < 4.78 is 12.1. The number of carbonyl (C=O) groups is 4. The number of Topliss-reactive ketones (excluding diaryl/α,β-unsaturated/α-hetero) is 2. The van der Waals surface area contributed by atoms with Crippen LogP contribution in [0.1, 0.15) is 40.5 Å². The summed E-state index contributed by atoms with van der Waals surface area (Å²) in [5.74, 6) is -1.07. The average Bonchev–Trinajstić information content (AvgIpc) is 3.31. The summed E-state index contributed by atoms with van der Waals surface area (Å²) in [6.45, 7) is 11.1. The maximum atomic E-state index is 13.0. The van der Waals surface area contributed by atoms with Crippen molar-refractivity contribution >= 4 is 55.4 Å². The molecule has 0 bridgehead atoms. The van der Waals surface area contributed by atoms with Crippen molar-refractivity contribution < 1.29 is 37.6 Å². The van der Waals surface area contributed by atoms with E-state index in [1.807, 2.05) is 0 Å². The number of quaternary nitrogens is 2. The molecule has 0 aromatic heterocycles. The third-order valence-corrected chi connectivity index (χ3v) is 10.4. The van der Waals surface area contributed by atoms with Crippen molar-refractivity contribution in [3.63, 3.8) is 0 Å². The van der Waals surface area contributed by atoms with Gasteiger partial charge in [-0.25, -0.2) is 0 Å². The van der Waals surface area contributed by atoms with Gasteiger partial charge in [0.15, 0.2) is 22.4 Å². The van der Waals surface area contributed by atoms with Gasteiger partial charge in [-0.15, -0.1) is 0 Å². The second-order valence-corrected chi connectivity index (χ2v) is 11.7. The molecule has 4 atom stereocenters. The normalized spacial score (nSPS) is 39.4. The monoisotopic (exact) mass is 608 g/mol. The predicted octanol–water partition coefficient (Wildman–Crippen LogP) is 2.25. The highest BCUT2D eigenvalue weighted by molar-refractivity contribution is 9.09. The quantitative estimate of drug-likeness (QED) is 0.182. The molecule has 0 radical (unpaired) electrons. The fourth-order valence-electron chi connectivity index (χ4n) is 6.75. The van der Waals surface area contributed by atoms with Crippen LogP contribution in [0.4, 0.5) is 0 Å². The van der Waals surface area contributed by atoms with E-state index in [-0.39, 0.29) is 36.9 Å². The Bertz CT molecular complexity index is 775. The topological polar surface area (TPSA) is 86.7 Å². The predicted molar refractivity (Wildman–Crippen MR) is 134 cm³/mol. The van der Waals surface area contributed by atoms with Crippen molar-refractivity contribution in [2.45, 2.75) is 52.6 Å². The van der Waals surface area contributed by atoms with Gasteiger partial charge in [0.1, 0.15) is 51.4 Å². The van der Waals surface area contributed by atoms with Crippen LogP contribution in [0, 0.1) is 10.8 Å². The molecule has 0 aromatic rings. The number of hydrogen-bond donors (Lipinski definition) is 0. The first-order chi connectivity index (χ1) is 16.0. The molecule has 4 unspecified atom stereocenters. The number of alkyl halides is 2. The molecule has 3 rings (SSSR count). The Morgan fingerprint density at radius 3 is 1.29 bits per heavy atom. The molecule has 34 heavy (non-hydrogen) atoms. The van der Waals surface area contributed by atoms with Gasteiger partial charge >= 0.3 is 11.9 Å². The third kappa shape index (κ3) is 4.30. The van der Waals surface area contributed by atoms with Gasteiger partial charge in [0.05, 0.1) is 23.9 Å². The summed E-state index contributed by atoms with van der Waals surface area (Å²) >= 11 is 7.30. The van der Waals surface area contributed by atoms with Crippen LogP contribution in [-0.4, -0.2) is 108 Å². The first kappa shape index (κ1) is 27.7. The van der Waals surface area contributed by atoms with E-state index >= 15 is 0 Å². The van der Waals surface area contributed by atoms with Crippen molar-refractivity contribution in [1.82, 2.24) is 0 Å². The molecule has 2 spiro atoms. The van der Waals surface area contributed by atoms with Gasteiger partial charge in [0.25, 0.3) is 0 Å². The molecule has 3 heterocycles. The summed E-state index contributed by atoms with van der Waals surface area (Å²) in [6.07, 6.45) is 0.961. The standard InChI is InChI=1S/C24H38Br2N2O6/c1-5-33-21(31)23(17(3)29)11-19(13-25)27(15-23)7-9-28(10-8-27)16-24(18(4)30,12-20(28)14-26)22(32)34-6-2/h19-20H,5-16H2,1-4H3/q+2. The van der Waals surface area contributed by atoms with Crippen LogP contribution in [0.15, 0.2) is 0 Å². The SMILES string of the molecule is CCOC(=O)C1(C(C)=O)CC(CBr)[N+]2(CC[N+]3(CC2)CC(C(C)=O)(C(=O)OCC)CC3CBr)C1. The fourth-order valence-corrected chi connectivity index (χ4v) is 8.44. The number of piperazine rings is 1. The lowest BCUT2D eigenvalue weighted by Gasteiger charge is -2.51. The van der Waals surface area contributed by atoms with Crippen molar-refractivity contribution in [3.05, 3.63) is 0 Å². The molecule has 3 saturated heterocycles. The maximum Gasteiger partial charge on any atom is 0.325 e. The Balaban J connectivity index is 1.90. The summed E-state index contributed by atoms with van der Waals surface area (Å²) in [7, 11) is 0. The van der Waals surface area contributed by atoms with E-state index in [2.05, 4.69) is 31.9 Å². The molecule has 8 nitrogen and oxygen atoms in total. The van der Waals surface area contributed by atoms with Gasteiger partial charge in [0, 0.05) is 12.8 Å². The minimum atomic E-state index is -1.11. The van der Waals surface area contributed by atoms with Crippen LogP contribution < -0.4 is 0 Å². The van der Waals surface area contributed by atoms with E-state index in [1.54, 1.807) is 13.8 Å². The van der Waals surface area contributed by atoms with Gasteiger partial charge in [-0.1, -0.05) is 31.9 Å². The van der Waals surface area contributed by atoms with Crippen LogP contribution in [0.5, 0.6) is 0 Å². The van der Waals surface area contributed by atoms with E-state index in [9.17, 15) is 19.2 Å². The van der Waals surface area contributed by atoms with Gasteiger partial charge in [-0.2, -0.15) is 0 Å². The summed E-state index contributed by atoms with van der Waals surface area (Å²) in [4.78, 5) is 51.5. The number of ketones is 2. The van der Waals surface area contributed by atoms with Crippen molar-refractivity contribution in [1.29, 1.82) is 0 Å². The smallest absolute Gasteiger partial charge is 0.325 e. The highest BCUT2D eigenvalue weighted by Crippen LogP contribution is 2.48. The van der Waals surface area contributed by atoms with Crippen molar-refractivity contribution in [3.8, 4) is 0 Å². The molecular formula is C24H38Br2N2O6+2. The van der Waals surface area contributed by atoms with E-state index in [0.29, 0.717) is 45.6 Å². The molecule has 3 aliphatic rings. The van der Waals surface area contributed by atoms with E-state index in [4.69, 9.17) is 9.47 Å². The lowest BCUT2D eigenvalue weighted by molar-refractivity contribution is -1.04. The Labute approximate surface area is 219 Å². The number of nitrogens with zero attached hydrogens (tertiary/aromatic N) is 2. The lowest BCUT2D eigenvalue weighted by Crippen LogP contribution is -2.70. The molecule has 192 valence electrons. The molecule has 0 aliphatic carbocycles. The van der Waals surface area contributed by atoms with Crippen LogP contribution >= 0.6 is 31.9 Å². The fraction of sp³-hybridized carbons (Fsp3) is 0.833. The zero-order chi connectivity index (χ0) is 25.4. The van der Waals surface area contributed by atoms with Crippen LogP contribution in [0.3, 0.4) is 0 Å². The van der Waals surface area contributed by atoms with Gasteiger partial charge in [-0.3, -0.25) is 19.2 Å². The molecule has 3 aliphatic heterocycles. The number of esters is 2. The zero-order valence-electron chi connectivity index (χ0n) is 20.7. The summed E-state index contributed by atoms with van der Waals surface area (Å²) in [5, 5.41) is 1.40. The van der Waals surface area contributed by atoms with Crippen molar-refractivity contribution in [2.75, 3.05) is 63.1 Å². The van der Waals surface area contributed by atoms with Gasteiger partial charge in [0.2, 0.25) is 0 Å². The van der Waals surface area contributed by atoms with Crippen molar-refractivity contribution in [2.24, 2.45) is 10.8 Å². The molecule has 0 N–H and O–H groups in total. The average molecular weight is 610 g/mol. The molecule has 0 aromatic carbocycles. The minimum Gasteiger partial charge on any atom is -0.465 e. The van der Waals surface area contributed by atoms with Gasteiger partial charge in [-0.05, 0) is 27.7 Å². The van der Waals surface area contributed by atoms with Crippen LogP contribution in [0.2, 0.25) is 0 Å². The highest BCUT2D eigenvalue weighted by atomic mass is 79.9. The zero-order valence-corrected chi connectivity index (χ0v) is 23.9. The number of hydrogen-bond acceptors (Lipinski definition) is 6. The summed E-state index contributed by atoms with van der Waals surface area (Å²) in [5.41, 5.74) is -2.21. The molecule has 3 fully saturated rings. The number of ether oxygens (including phenoxy) is 2. The van der Waals surface area contributed by atoms with E-state index in [1.165, 1.54) is 13.8 Å². The van der Waals surface area contributed by atoms with Crippen LogP contribution in [-0.2, 0) is 28.7 Å². The first-order valence-corrected chi connectivity index (χ1v) is 14.5. The Hall–Kier alpha value is -0.840. The maximum absolute atomic E-state index is 13.0. The molecular weight excluding hydrogens is 572 g/mol. The number of carbonyl (C=O) groups excluding carboxylic acids is 4. The van der Waals surface area contributed by atoms with Crippen LogP contribution in [0.25, 0.3) is 0 Å². The third-order valence-electron chi connectivity index (χ3n) is 8.90. The van der Waals surface area contributed by atoms with Gasteiger partial charge < -0.3 is 18.4 Å². The molecule has 0 saturated carbocycles. The molecule has 0 amide bonds. The van der Waals surface area contributed by atoms with E-state index in [0.717, 1.165) is 26.2 Å². The highest BCUT2D eigenvalue weighted by Gasteiger charge is 2.68. The Kier molecular flexibility index (Phi) is 8.37.